The van der Waals surface area contributed by atoms with Crippen molar-refractivity contribution < 1.29 is 19.0 Å². The first-order chi connectivity index (χ1) is 14.9. The normalized spacial score (nSPS) is 15.0. The fraction of sp³-hybridized carbons (Fsp3) is 0.458. The van der Waals surface area contributed by atoms with Gasteiger partial charge in [0.25, 0.3) is 5.91 Å². The molecule has 1 aliphatic rings. The van der Waals surface area contributed by atoms with Gasteiger partial charge in [-0.2, -0.15) is 0 Å². The maximum Gasteiger partial charge on any atom is 0.251 e. The summed E-state index contributed by atoms with van der Waals surface area (Å²) in [6.45, 7) is 6.33. The molecule has 3 rings (SSSR count). The van der Waals surface area contributed by atoms with E-state index in [1.54, 1.807) is 19.2 Å². The summed E-state index contributed by atoms with van der Waals surface area (Å²) in [6, 6.07) is 11.4. The second-order valence-corrected chi connectivity index (χ2v) is 8.31. The molecule has 0 radical (unpaired) electrons. The maximum absolute atomic E-state index is 13.0. The Morgan fingerprint density at radius 1 is 1.13 bits per heavy atom. The number of methoxy groups -OCH3 is 2. The summed E-state index contributed by atoms with van der Waals surface area (Å²) in [6.07, 6.45) is 2.27. The molecular formula is C24H31ClN2O4. The Kier molecular flexibility index (Phi) is 8.04. The quantitative estimate of drug-likeness (QED) is 0.604. The van der Waals surface area contributed by atoms with E-state index >= 15 is 0 Å². The van der Waals surface area contributed by atoms with Crippen LogP contribution in [-0.4, -0.2) is 50.8 Å². The fourth-order valence-corrected chi connectivity index (χ4v) is 4.11. The molecule has 1 N–H and O–H groups in total. The zero-order chi connectivity index (χ0) is 22.4. The number of likely N-dealkylation sites (tertiary alicyclic amines) is 1. The van der Waals surface area contributed by atoms with Crippen LogP contribution < -0.4 is 19.5 Å². The Bertz CT molecular complexity index is 897. The van der Waals surface area contributed by atoms with Crippen LogP contribution in [-0.2, 0) is 0 Å². The van der Waals surface area contributed by atoms with Gasteiger partial charge in [-0.25, -0.2) is 0 Å². The first-order valence-electron chi connectivity index (χ1n) is 10.6. The number of rotatable bonds is 9. The molecule has 2 aromatic rings. The summed E-state index contributed by atoms with van der Waals surface area (Å²) < 4.78 is 16.5. The molecule has 0 bridgehead atoms. The number of nitrogens with zero attached hydrogens (tertiary/aromatic N) is 1. The van der Waals surface area contributed by atoms with Crippen molar-refractivity contribution in [2.75, 3.05) is 33.9 Å². The Balaban J connectivity index is 1.78. The van der Waals surface area contributed by atoms with E-state index < -0.39 is 0 Å². The minimum atomic E-state index is -0.205. The van der Waals surface area contributed by atoms with Gasteiger partial charge in [0.15, 0.2) is 11.5 Å². The number of carbonyl (C=O) groups is 1. The highest BCUT2D eigenvalue weighted by Gasteiger charge is 2.25. The lowest BCUT2D eigenvalue weighted by Crippen LogP contribution is -2.36. The smallest absolute Gasteiger partial charge is 0.251 e. The average Bonchev–Trinajstić information content (AvgIpc) is 3.29. The SMILES string of the molecule is COc1cccc(C(CNC(=O)c2cc(Cl)c(OC(C)C)c(OC)c2)N2CCCC2)c1. The minimum Gasteiger partial charge on any atom is -0.497 e. The first-order valence-corrected chi connectivity index (χ1v) is 11.0. The van der Waals surface area contributed by atoms with Crippen molar-refractivity contribution in [3.63, 3.8) is 0 Å². The summed E-state index contributed by atoms with van der Waals surface area (Å²) in [4.78, 5) is 15.4. The molecule has 0 aromatic heterocycles. The molecule has 2 aromatic carbocycles. The van der Waals surface area contributed by atoms with Crippen LogP contribution in [0.1, 0.15) is 48.7 Å². The van der Waals surface area contributed by atoms with Crippen LogP contribution in [0.4, 0.5) is 0 Å². The van der Waals surface area contributed by atoms with E-state index in [4.69, 9.17) is 25.8 Å². The van der Waals surface area contributed by atoms with E-state index in [1.165, 1.54) is 20.0 Å². The number of carbonyl (C=O) groups excluding carboxylic acids is 1. The number of hydrogen-bond acceptors (Lipinski definition) is 5. The van der Waals surface area contributed by atoms with Gasteiger partial charge >= 0.3 is 0 Å². The number of nitrogens with one attached hydrogen (secondary N) is 1. The van der Waals surface area contributed by atoms with Crippen LogP contribution >= 0.6 is 11.6 Å². The van der Waals surface area contributed by atoms with Crippen molar-refractivity contribution in [2.45, 2.75) is 38.8 Å². The van der Waals surface area contributed by atoms with Crippen LogP contribution in [0, 0.1) is 0 Å². The molecule has 0 saturated carbocycles. The molecular weight excluding hydrogens is 416 g/mol. The number of halogens is 1. The van der Waals surface area contributed by atoms with Gasteiger partial charge in [-0.15, -0.1) is 0 Å². The van der Waals surface area contributed by atoms with E-state index in [-0.39, 0.29) is 18.1 Å². The van der Waals surface area contributed by atoms with Gasteiger partial charge in [-0.3, -0.25) is 9.69 Å². The third-order valence-electron chi connectivity index (χ3n) is 5.36. The number of benzene rings is 2. The second kappa shape index (κ2) is 10.7. The van der Waals surface area contributed by atoms with Gasteiger partial charge in [-0.05, 0) is 69.6 Å². The Morgan fingerprint density at radius 2 is 1.87 bits per heavy atom. The zero-order valence-corrected chi connectivity index (χ0v) is 19.4. The zero-order valence-electron chi connectivity index (χ0n) is 18.6. The molecule has 31 heavy (non-hydrogen) atoms. The van der Waals surface area contributed by atoms with Crippen LogP contribution in [0.15, 0.2) is 36.4 Å². The van der Waals surface area contributed by atoms with Gasteiger partial charge < -0.3 is 19.5 Å². The van der Waals surface area contributed by atoms with Crippen LogP contribution in [0.25, 0.3) is 0 Å². The molecule has 1 heterocycles. The molecule has 1 unspecified atom stereocenters. The largest absolute Gasteiger partial charge is 0.497 e. The predicted molar refractivity (Wildman–Crippen MR) is 123 cm³/mol. The summed E-state index contributed by atoms with van der Waals surface area (Å²) >= 11 is 6.39. The topological polar surface area (TPSA) is 60.0 Å². The Hall–Kier alpha value is -2.44. The lowest BCUT2D eigenvalue weighted by molar-refractivity contribution is 0.0937. The molecule has 6 nitrogen and oxygen atoms in total. The van der Waals surface area contributed by atoms with E-state index in [0.29, 0.717) is 28.6 Å². The lowest BCUT2D eigenvalue weighted by atomic mass is 10.0. The van der Waals surface area contributed by atoms with Gasteiger partial charge in [0, 0.05) is 12.1 Å². The van der Waals surface area contributed by atoms with Gasteiger partial charge in [0.1, 0.15) is 5.75 Å². The van der Waals surface area contributed by atoms with Gasteiger partial charge in [0.05, 0.1) is 31.4 Å². The van der Waals surface area contributed by atoms with Crippen molar-refractivity contribution in [3.05, 3.63) is 52.5 Å². The molecule has 0 aliphatic carbocycles. The molecule has 168 valence electrons. The molecule has 1 aliphatic heterocycles. The average molecular weight is 447 g/mol. The van der Waals surface area contributed by atoms with Crippen LogP contribution in [0.3, 0.4) is 0 Å². The third-order valence-corrected chi connectivity index (χ3v) is 5.64. The molecule has 1 amide bonds. The Labute approximate surface area is 189 Å². The van der Waals surface area contributed by atoms with E-state index in [1.807, 2.05) is 32.0 Å². The molecule has 1 saturated heterocycles. The van der Waals surface area contributed by atoms with Crippen LogP contribution in [0.2, 0.25) is 5.02 Å². The molecule has 1 atom stereocenters. The Morgan fingerprint density at radius 3 is 2.52 bits per heavy atom. The fourth-order valence-electron chi connectivity index (χ4n) is 3.85. The molecule has 0 spiro atoms. The monoisotopic (exact) mass is 446 g/mol. The van der Waals surface area contributed by atoms with E-state index in [9.17, 15) is 4.79 Å². The molecule has 1 fully saturated rings. The summed E-state index contributed by atoms with van der Waals surface area (Å²) in [5, 5.41) is 3.42. The van der Waals surface area contributed by atoms with Crippen molar-refractivity contribution >= 4 is 17.5 Å². The first kappa shape index (κ1) is 23.2. The van der Waals surface area contributed by atoms with Crippen LogP contribution in [0.5, 0.6) is 17.2 Å². The highest BCUT2D eigenvalue weighted by Crippen LogP contribution is 2.37. The highest BCUT2D eigenvalue weighted by molar-refractivity contribution is 6.32. The predicted octanol–water partition coefficient (Wildman–Crippen LogP) is 4.71. The number of amides is 1. The summed E-state index contributed by atoms with van der Waals surface area (Å²) in [5.41, 5.74) is 1.56. The van der Waals surface area contributed by atoms with Crippen molar-refractivity contribution in [3.8, 4) is 17.2 Å². The van der Waals surface area contributed by atoms with Gasteiger partial charge in [0.2, 0.25) is 0 Å². The highest BCUT2D eigenvalue weighted by atomic mass is 35.5. The standard InChI is InChI=1S/C24H31ClN2O4/c1-16(2)31-23-20(25)13-18(14-22(23)30-4)24(28)26-15-21(27-10-5-6-11-27)17-8-7-9-19(12-17)29-3/h7-9,12-14,16,21H,5-6,10-11,15H2,1-4H3,(H,26,28). The van der Waals surface area contributed by atoms with Crippen molar-refractivity contribution in [1.82, 2.24) is 10.2 Å². The van der Waals surface area contributed by atoms with Crippen molar-refractivity contribution in [1.29, 1.82) is 0 Å². The number of hydrogen-bond donors (Lipinski definition) is 1. The van der Waals surface area contributed by atoms with E-state index in [0.717, 1.165) is 24.4 Å². The van der Waals surface area contributed by atoms with Crippen molar-refractivity contribution in [2.24, 2.45) is 0 Å². The van der Waals surface area contributed by atoms with Gasteiger partial charge in [-0.1, -0.05) is 23.7 Å². The lowest BCUT2D eigenvalue weighted by Gasteiger charge is -2.28. The minimum absolute atomic E-state index is 0.0600. The van der Waals surface area contributed by atoms with E-state index in [2.05, 4.69) is 16.3 Å². The molecule has 7 heteroatoms. The maximum atomic E-state index is 13.0. The second-order valence-electron chi connectivity index (χ2n) is 7.90. The summed E-state index contributed by atoms with van der Waals surface area (Å²) in [5.74, 6) is 1.49. The number of ether oxygens (including phenoxy) is 3. The summed E-state index contributed by atoms with van der Waals surface area (Å²) in [7, 11) is 3.20. The third kappa shape index (κ3) is 5.83.